The normalized spacial score (nSPS) is 30.6. The van der Waals surface area contributed by atoms with Gasteiger partial charge in [0.1, 0.15) is 0 Å². The molecule has 3 N–H and O–H groups in total. The van der Waals surface area contributed by atoms with Gasteiger partial charge in [-0.05, 0) is 26.2 Å². The van der Waals surface area contributed by atoms with Crippen molar-refractivity contribution in [1.29, 1.82) is 0 Å². The smallest absolute Gasteiger partial charge is 0.226 e. The molecular weight excluding hydrogens is 230 g/mol. The number of rotatable bonds is 4. The average molecular weight is 255 g/mol. The molecule has 0 bridgehead atoms. The van der Waals surface area contributed by atoms with Crippen LogP contribution in [0.25, 0.3) is 0 Å². The maximum absolute atomic E-state index is 12.1. The Kier molecular flexibility index (Phi) is 4.97. The van der Waals surface area contributed by atoms with E-state index in [9.17, 15) is 4.79 Å². The lowest BCUT2D eigenvalue weighted by molar-refractivity contribution is -0.127. The van der Waals surface area contributed by atoms with Crippen molar-refractivity contribution >= 4 is 5.91 Å². The predicted octanol–water partition coefficient (Wildman–Crippen LogP) is -0.0493. The molecule has 0 aromatic carbocycles. The number of nitrogens with zero attached hydrogens (tertiary/aromatic N) is 1. The summed E-state index contributed by atoms with van der Waals surface area (Å²) in [6.07, 6.45) is 3.00. The zero-order valence-corrected chi connectivity index (χ0v) is 11.2. The Morgan fingerprint density at radius 2 is 2.11 bits per heavy atom. The summed E-state index contributed by atoms with van der Waals surface area (Å²) in [5.41, 5.74) is 5.55. The van der Waals surface area contributed by atoms with E-state index in [0.29, 0.717) is 19.2 Å². The summed E-state index contributed by atoms with van der Waals surface area (Å²) >= 11 is 0. The lowest BCUT2D eigenvalue weighted by atomic mass is 9.99. The molecule has 0 saturated carbocycles. The standard InChI is InChI=1S/C13H25N3O2/c1-10-12(4-9-18-10)13(17)15-11-2-6-16(7-3-11)8-5-14/h10-12H,2-9,14H2,1H3,(H,15,17). The van der Waals surface area contributed by atoms with Crippen molar-refractivity contribution in [2.75, 3.05) is 32.8 Å². The maximum atomic E-state index is 12.1. The third-order valence-electron chi connectivity index (χ3n) is 4.09. The summed E-state index contributed by atoms with van der Waals surface area (Å²) in [6.45, 7) is 6.47. The third-order valence-corrected chi connectivity index (χ3v) is 4.09. The van der Waals surface area contributed by atoms with Gasteiger partial charge in [-0.15, -0.1) is 0 Å². The first-order valence-corrected chi connectivity index (χ1v) is 7.05. The zero-order valence-electron chi connectivity index (χ0n) is 11.2. The monoisotopic (exact) mass is 255 g/mol. The molecule has 0 aromatic rings. The lowest BCUT2D eigenvalue weighted by Gasteiger charge is -2.32. The van der Waals surface area contributed by atoms with Crippen molar-refractivity contribution in [2.45, 2.75) is 38.3 Å². The van der Waals surface area contributed by atoms with Crippen LogP contribution in [0.1, 0.15) is 26.2 Å². The molecule has 5 nitrogen and oxygen atoms in total. The Balaban J connectivity index is 1.72. The lowest BCUT2D eigenvalue weighted by Crippen LogP contribution is -2.47. The van der Waals surface area contributed by atoms with Gasteiger partial charge in [-0.25, -0.2) is 0 Å². The maximum Gasteiger partial charge on any atom is 0.226 e. The molecule has 2 aliphatic heterocycles. The number of hydrogen-bond acceptors (Lipinski definition) is 4. The van der Waals surface area contributed by atoms with E-state index < -0.39 is 0 Å². The van der Waals surface area contributed by atoms with E-state index in [1.165, 1.54) is 0 Å². The molecule has 2 atom stereocenters. The number of amides is 1. The molecule has 18 heavy (non-hydrogen) atoms. The van der Waals surface area contributed by atoms with Crippen LogP contribution in [0.15, 0.2) is 0 Å². The van der Waals surface area contributed by atoms with Gasteiger partial charge in [0.25, 0.3) is 0 Å². The third kappa shape index (κ3) is 3.43. The van der Waals surface area contributed by atoms with Crippen LogP contribution in [-0.4, -0.2) is 55.7 Å². The predicted molar refractivity (Wildman–Crippen MR) is 70.2 cm³/mol. The highest BCUT2D eigenvalue weighted by atomic mass is 16.5. The van der Waals surface area contributed by atoms with E-state index in [4.69, 9.17) is 10.5 Å². The highest BCUT2D eigenvalue weighted by molar-refractivity contribution is 5.79. The minimum Gasteiger partial charge on any atom is -0.378 e. The number of carbonyl (C=O) groups is 1. The quantitative estimate of drug-likeness (QED) is 0.739. The van der Waals surface area contributed by atoms with Crippen LogP contribution in [0.2, 0.25) is 0 Å². The van der Waals surface area contributed by atoms with E-state index in [2.05, 4.69) is 10.2 Å². The van der Waals surface area contributed by atoms with E-state index in [-0.39, 0.29) is 17.9 Å². The number of carbonyl (C=O) groups excluding carboxylic acids is 1. The summed E-state index contributed by atoms with van der Waals surface area (Å²) < 4.78 is 5.44. The van der Waals surface area contributed by atoms with Gasteiger partial charge in [-0.1, -0.05) is 0 Å². The Morgan fingerprint density at radius 1 is 1.39 bits per heavy atom. The minimum absolute atomic E-state index is 0.0482. The average Bonchev–Trinajstić information content (AvgIpc) is 2.78. The Hall–Kier alpha value is -0.650. The zero-order chi connectivity index (χ0) is 13.0. The fourth-order valence-corrected chi connectivity index (χ4v) is 2.87. The molecule has 104 valence electrons. The van der Waals surface area contributed by atoms with Crippen LogP contribution in [0, 0.1) is 5.92 Å². The molecule has 2 heterocycles. The summed E-state index contributed by atoms with van der Waals surface area (Å²) in [6, 6.07) is 0.333. The minimum atomic E-state index is 0.0482. The van der Waals surface area contributed by atoms with E-state index in [1.807, 2.05) is 6.92 Å². The second kappa shape index (κ2) is 6.50. The molecule has 2 saturated heterocycles. The fraction of sp³-hybridized carbons (Fsp3) is 0.923. The summed E-state index contributed by atoms with van der Waals surface area (Å²) in [4.78, 5) is 14.5. The Bertz CT molecular complexity index is 277. The summed E-state index contributed by atoms with van der Waals surface area (Å²) in [5.74, 6) is 0.226. The van der Waals surface area contributed by atoms with Crippen molar-refractivity contribution in [3.8, 4) is 0 Å². The molecule has 2 unspecified atom stereocenters. The Morgan fingerprint density at radius 3 is 2.67 bits per heavy atom. The van der Waals surface area contributed by atoms with E-state index in [0.717, 1.165) is 38.9 Å². The highest BCUT2D eigenvalue weighted by Crippen LogP contribution is 2.21. The van der Waals surface area contributed by atoms with Crippen molar-refractivity contribution in [3.63, 3.8) is 0 Å². The van der Waals surface area contributed by atoms with Crippen LogP contribution in [-0.2, 0) is 9.53 Å². The van der Waals surface area contributed by atoms with E-state index in [1.54, 1.807) is 0 Å². The van der Waals surface area contributed by atoms with Crippen molar-refractivity contribution in [2.24, 2.45) is 11.7 Å². The molecule has 0 aliphatic carbocycles. The molecule has 2 fully saturated rings. The van der Waals surface area contributed by atoms with Gasteiger partial charge < -0.3 is 20.7 Å². The fourth-order valence-electron chi connectivity index (χ4n) is 2.87. The SMILES string of the molecule is CC1OCCC1C(=O)NC1CCN(CCN)CC1. The van der Waals surface area contributed by atoms with Gasteiger partial charge in [0.2, 0.25) is 5.91 Å². The first-order chi connectivity index (χ1) is 8.70. The molecule has 0 radical (unpaired) electrons. The topological polar surface area (TPSA) is 67.6 Å². The number of nitrogens with two attached hydrogens (primary N) is 1. The molecule has 5 heteroatoms. The second-order valence-corrected chi connectivity index (χ2v) is 5.38. The number of nitrogens with one attached hydrogen (secondary N) is 1. The molecule has 1 amide bonds. The van der Waals surface area contributed by atoms with Crippen LogP contribution in [0.4, 0.5) is 0 Å². The molecular formula is C13H25N3O2. The van der Waals surface area contributed by atoms with Gasteiger partial charge in [0, 0.05) is 38.8 Å². The van der Waals surface area contributed by atoms with Crippen molar-refractivity contribution in [1.82, 2.24) is 10.2 Å². The van der Waals surface area contributed by atoms with Crippen LogP contribution >= 0.6 is 0 Å². The Labute approximate surface area is 109 Å². The van der Waals surface area contributed by atoms with Gasteiger partial charge in [-0.3, -0.25) is 4.79 Å². The first-order valence-electron chi connectivity index (χ1n) is 7.05. The molecule has 2 rings (SSSR count). The summed E-state index contributed by atoms with van der Waals surface area (Å²) in [5, 5.41) is 3.18. The summed E-state index contributed by atoms with van der Waals surface area (Å²) in [7, 11) is 0. The molecule has 2 aliphatic rings. The van der Waals surface area contributed by atoms with Crippen LogP contribution in [0.5, 0.6) is 0 Å². The second-order valence-electron chi connectivity index (χ2n) is 5.38. The van der Waals surface area contributed by atoms with Gasteiger partial charge >= 0.3 is 0 Å². The molecule has 0 spiro atoms. The number of ether oxygens (including phenoxy) is 1. The van der Waals surface area contributed by atoms with E-state index >= 15 is 0 Å². The van der Waals surface area contributed by atoms with Gasteiger partial charge in [-0.2, -0.15) is 0 Å². The van der Waals surface area contributed by atoms with Crippen LogP contribution in [0.3, 0.4) is 0 Å². The largest absolute Gasteiger partial charge is 0.378 e. The van der Waals surface area contributed by atoms with Crippen molar-refractivity contribution < 1.29 is 9.53 Å². The number of piperidine rings is 1. The molecule has 0 aromatic heterocycles. The van der Waals surface area contributed by atoms with Gasteiger partial charge in [0.15, 0.2) is 0 Å². The highest BCUT2D eigenvalue weighted by Gasteiger charge is 2.32. The van der Waals surface area contributed by atoms with Crippen LogP contribution < -0.4 is 11.1 Å². The first kappa shape index (κ1) is 13.8. The number of likely N-dealkylation sites (tertiary alicyclic amines) is 1. The number of hydrogen-bond donors (Lipinski definition) is 2. The van der Waals surface area contributed by atoms with Gasteiger partial charge in [0.05, 0.1) is 12.0 Å². The van der Waals surface area contributed by atoms with Crippen molar-refractivity contribution in [3.05, 3.63) is 0 Å².